The van der Waals surface area contributed by atoms with Gasteiger partial charge < -0.3 is 33.4 Å². The van der Waals surface area contributed by atoms with Gasteiger partial charge in [-0.15, -0.1) is 0 Å². The summed E-state index contributed by atoms with van der Waals surface area (Å²) in [4.78, 5) is 54.9. The number of aromatic nitrogens is 3. The Labute approximate surface area is 640 Å². The Morgan fingerprint density at radius 3 is 1.16 bits per heavy atom. The van der Waals surface area contributed by atoms with Crippen molar-refractivity contribution in [1.29, 1.82) is 0 Å². The molecule has 1 saturated heterocycles. The average molecular weight is 1450 g/mol. The molecule has 9 aromatic carbocycles. The van der Waals surface area contributed by atoms with E-state index in [1.54, 1.807) is 6.20 Å². The van der Waals surface area contributed by atoms with Crippen molar-refractivity contribution in [3.05, 3.63) is 322 Å². The van der Waals surface area contributed by atoms with Gasteiger partial charge in [0.25, 0.3) is 0 Å². The highest BCUT2D eigenvalue weighted by molar-refractivity contribution is 6.04. The highest BCUT2D eigenvalue weighted by atomic mass is 16.6. The summed E-state index contributed by atoms with van der Waals surface area (Å²) in [5.74, 6) is -0.641. The highest BCUT2D eigenvalue weighted by Gasteiger charge is 2.24. The topological polar surface area (TPSA) is 134 Å². The van der Waals surface area contributed by atoms with E-state index >= 15 is 0 Å². The minimum atomic E-state index is -0.584. The van der Waals surface area contributed by atoms with E-state index in [1.165, 1.54) is 97.0 Å². The number of allylic oxidation sites excluding steroid dienone is 3. The van der Waals surface area contributed by atoms with E-state index in [1.807, 2.05) is 87.6 Å². The fourth-order valence-corrected chi connectivity index (χ4v) is 13.8. The molecular formula is C96H108N4O8. The van der Waals surface area contributed by atoms with E-state index in [0.717, 1.165) is 107 Å². The summed E-state index contributed by atoms with van der Waals surface area (Å²) in [6.45, 7) is 16.4. The predicted octanol–water partition coefficient (Wildman–Crippen LogP) is 23.3. The summed E-state index contributed by atoms with van der Waals surface area (Å²) in [5.41, 5.74) is 22.8. The number of esters is 3. The van der Waals surface area contributed by atoms with Gasteiger partial charge in [-0.2, -0.15) is 0 Å². The van der Waals surface area contributed by atoms with Crippen LogP contribution in [0, 0.1) is 20.8 Å². The molecule has 1 aliphatic rings. The number of aromatic amines is 1. The zero-order valence-corrected chi connectivity index (χ0v) is 62.0. The van der Waals surface area contributed by atoms with Gasteiger partial charge in [0.05, 0.1) is 26.8 Å². The number of methoxy groups -OCH3 is 3. The number of likely N-dealkylation sites (tertiary alicyclic amines) is 1. The molecule has 560 valence electrons. The number of hydrogen-bond acceptors (Lipinski definition) is 9. The Hall–Kier alpha value is -11.3. The lowest BCUT2D eigenvalue weighted by Gasteiger charge is -2.26. The third-order valence-corrected chi connectivity index (χ3v) is 19.3. The summed E-state index contributed by atoms with van der Waals surface area (Å²) in [7, 11) is 4.31. The molecule has 4 heterocycles. The summed E-state index contributed by atoms with van der Waals surface area (Å²) >= 11 is 0. The molecule has 1 fully saturated rings. The third kappa shape index (κ3) is 21.5. The Morgan fingerprint density at radius 1 is 0.380 bits per heavy atom. The number of hydrogen-bond donors (Lipinski definition) is 1. The monoisotopic (exact) mass is 1440 g/mol. The molecule has 1 aliphatic heterocycles. The summed E-state index contributed by atoms with van der Waals surface area (Å²) in [6, 6.07) is 82.2. The smallest absolute Gasteiger partial charge is 0.418 e. The van der Waals surface area contributed by atoms with Gasteiger partial charge >= 0.3 is 24.0 Å². The average Bonchev–Trinajstić information content (AvgIpc) is 1.52. The molecule has 12 nitrogen and oxygen atoms in total. The number of benzene rings is 9. The molecule has 12 heteroatoms. The second-order valence-electron chi connectivity index (χ2n) is 27.9. The Balaban J connectivity index is 0.000000203. The number of rotatable bonds is 21. The van der Waals surface area contributed by atoms with Gasteiger partial charge in [-0.1, -0.05) is 227 Å². The fraction of sp³-hybridized carbons (Fsp3) is 0.271. The summed E-state index contributed by atoms with van der Waals surface area (Å²) in [6.07, 6.45) is 12.2. The molecule has 13 rings (SSSR count). The summed E-state index contributed by atoms with van der Waals surface area (Å²) in [5, 5.41) is 3.33. The molecule has 108 heavy (non-hydrogen) atoms. The third-order valence-electron chi connectivity index (χ3n) is 19.3. The zero-order valence-electron chi connectivity index (χ0n) is 62.0. The van der Waals surface area contributed by atoms with Gasteiger partial charge in [0.15, 0.2) is 0 Å². The van der Waals surface area contributed by atoms with Crippen LogP contribution in [-0.2, 0) is 39.9 Å². The molecule has 1 N–H and O–H groups in total. The lowest BCUT2D eigenvalue weighted by Crippen LogP contribution is -2.32. The number of nitrogens with one attached hydrogen (secondary N) is 1. The van der Waals surface area contributed by atoms with Gasteiger partial charge in [0, 0.05) is 72.7 Å². The largest absolute Gasteiger partial charge is 0.469 e. The number of aryl methyl sites for hydroxylation is 3. The Bertz CT molecular complexity index is 5030. The zero-order chi connectivity index (χ0) is 73.8. The maximum atomic E-state index is 12.8. The van der Waals surface area contributed by atoms with Crippen molar-refractivity contribution in [2.45, 2.75) is 134 Å². The number of H-pyrrole nitrogens is 1. The molecule has 0 spiro atoms. The number of fused-ring (bicyclic) bond motifs is 3. The van der Waals surface area contributed by atoms with E-state index in [0.29, 0.717) is 32.1 Å². The first-order chi connectivity index (χ1) is 50.9. The lowest BCUT2D eigenvalue weighted by molar-refractivity contribution is -0.141. The number of carbonyl (C=O) groups is 4. The van der Waals surface area contributed by atoms with Crippen LogP contribution in [0.4, 0.5) is 4.79 Å². The molecule has 3 aromatic heterocycles. The van der Waals surface area contributed by atoms with E-state index < -0.39 is 11.7 Å². The molecule has 0 unspecified atom stereocenters. The minimum absolute atomic E-state index is 0. The van der Waals surface area contributed by atoms with Crippen molar-refractivity contribution >= 4 is 90.1 Å². The van der Waals surface area contributed by atoms with Gasteiger partial charge in [-0.3, -0.25) is 19.0 Å². The van der Waals surface area contributed by atoms with Crippen LogP contribution >= 0.6 is 0 Å². The van der Waals surface area contributed by atoms with Crippen LogP contribution in [-0.4, -0.2) is 89.6 Å². The highest BCUT2D eigenvalue weighted by Crippen LogP contribution is 2.41. The quantitative estimate of drug-likeness (QED) is 0.0424. The lowest BCUT2D eigenvalue weighted by atomic mass is 9.86. The maximum Gasteiger partial charge on any atom is 0.418 e. The second-order valence-corrected chi connectivity index (χ2v) is 27.9. The molecule has 0 bridgehead atoms. The number of nitrogens with zero attached hydrogens (tertiary/aromatic N) is 3. The standard InChI is InChI=1S/C34H38N2O2.C32H33NO4.C27H25NO2.3CH4/c1-26-11-13-28(14-12-26)34(31(16-18-33(37)38-2)27-9-5-3-6-10-27)30-15-17-32-29(25-30)19-22-36(32)24-23-35-20-7-4-8-21-35;1-22-11-13-24(14-12-22)30(27(16-18-29(34)36-5)23-9-7-6-8-10-23)26-15-17-28-25(21-26)19-20-33(28)31(35)37-32(2,3)4;1-19-8-10-21(11-9-19)27(23-12-14-25-22(18-23)16-17-28-25)24(13-15-26(29)30-2)20-6-4-3-5-7-20;;;/h3,5-6,9-15,17,19,22,25H,4,7-8,16,18,20-21,23-24H2,1-2H3;6-15,17,19-21H,16,18H2,1-5H3;3-12,14,16-18,28H,13,15H2,1-2H3;3*1H4/b34-31-;30-27-;27-24-;;;. The van der Waals surface area contributed by atoms with Crippen LogP contribution in [0.25, 0.3) is 66.1 Å². The first-order valence-corrected chi connectivity index (χ1v) is 36.5. The molecule has 12 aromatic rings. The fourth-order valence-electron chi connectivity index (χ4n) is 13.8. The molecular weight excluding hydrogens is 1340 g/mol. The van der Waals surface area contributed by atoms with Crippen LogP contribution in [0.2, 0.25) is 0 Å². The molecule has 0 aliphatic carbocycles. The van der Waals surface area contributed by atoms with Crippen molar-refractivity contribution in [1.82, 2.24) is 19.0 Å². The van der Waals surface area contributed by atoms with Crippen LogP contribution in [0.15, 0.2) is 255 Å². The van der Waals surface area contributed by atoms with Crippen molar-refractivity contribution in [2.75, 3.05) is 41.0 Å². The van der Waals surface area contributed by atoms with Crippen molar-refractivity contribution in [3.63, 3.8) is 0 Å². The van der Waals surface area contributed by atoms with Crippen LogP contribution < -0.4 is 0 Å². The number of piperidine rings is 1. The minimum Gasteiger partial charge on any atom is -0.469 e. The molecule has 0 saturated carbocycles. The number of ether oxygens (including phenoxy) is 4. The van der Waals surface area contributed by atoms with E-state index in [2.05, 4.69) is 217 Å². The van der Waals surface area contributed by atoms with Crippen LogP contribution in [0.1, 0.15) is 168 Å². The van der Waals surface area contributed by atoms with Crippen molar-refractivity contribution in [3.8, 4) is 0 Å². The first-order valence-electron chi connectivity index (χ1n) is 36.5. The molecule has 0 amide bonds. The maximum absolute atomic E-state index is 12.8. The predicted molar refractivity (Wildman–Crippen MR) is 449 cm³/mol. The van der Waals surface area contributed by atoms with Gasteiger partial charge in [0.2, 0.25) is 0 Å². The molecule has 0 radical (unpaired) electrons. The SMILES string of the molecule is C.C.C.COC(=O)CC/C(=C(\c1ccc(C)cc1)c1ccc2[nH]ccc2c1)c1ccccc1.COC(=O)CC/C(=C(\c1ccc(C)cc1)c1ccc2c(ccn2C(=O)OC(C)(C)C)c1)c1ccccc1.COC(=O)CC/C(=C(\c1ccc(C)cc1)c1ccc2c(ccn2CCN2CCCCC2)c1)c1ccccc1. The second kappa shape index (κ2) is 39.3. The first kappa shape index (κ1) is 82.3. The van der Waals surface area contributed by atoms with Gasteiger partial charge in [-0.05, 0) is 230 Å². The van der Waals surface area contributed by atoms with E-state index in [4.69, 9.17) is 18.9 Å². The van der Waals surface area contributed by atoms with Crippen molar-refractivity contribution in [2.24, 2.45) is 0 Å². The Kier molecular flexibility index (Phi) is 30.0. The van der Waals surface area contributed by atoms with E-state index in [9.17, 15) is 19.2 Å². The summed E-state index contributed by atoms with van der Waals surface area (Å²) < 4.78 is 24.4. The number of carbonyl (C=O) groups excluding carboxylic acids is 4. The normalized spacial score (nSPS) is 12.8. The van der Waals surface area contributed by atoms with Crippen LogP contribution in [0.5, 0.6) is 0 Å². The van der Waals surface area contributed by atoms with Crippen molar-refractivity contribution < 1.29 is 38.1 Å². The van der Waals surface area contributed by atoms with E-state index in [-0.39, 0.29) is 46.6 Å². The van der Waals surface area contributed by atoms with Gasteiger partial charge in [0.1, 0.15) is 5.60 Å². The van der Waals surface area contributed by atoms with Crippen LogP contribution in [0.3, 0.4) is 0 Å². The Morgan fingerprint density at radius 2 is 0.750 bits per heavy atom. The molecule has 0 atom stereocenters. The van der Waals surface area contributed by atoms with Gasteiger partial charge in [-0.25, -0.2) is 4.79 Å².